The molecule has 0 radical (unpaired) electrons. The molecule has 200 valence electrons. The van der Waals surface area contributed by atoms with Crippen molar-refractivity contribution >= 4 is 20.9 Å². The Balaban J connectivity index is 1.37. The molecular weight excluding hydrogens is 509 g/mol. The number of aryl methyl sites for hydroxylation is 2. The third kappa shape index (κ3) is 4.31. The minimum Gasteiger partial charge on any atom is -0.381 e. The quantitative estimate of drug-likeness (QED) is 0.372. The van der Waals surface area contributed by atoms with Crippen molar-refractivity contribution in [2.45, 2.75) is 43.0 Å². The molecule has 1 saturated heterocycles. The number of nitrogens with zero attached hydrogens (tertiary/aromatic N) is 7. The molecule has 1 aliphatic heterocycles. The Kier molecular flexibility index (Phi) is 6.29. The van der Waals surface area contributed by atoms with Crippen LogP contribution >= 0.6 is 0 Å². The van der Waals surface area contributed by atoms with Crippen LogP contribution in [0, 0.1) is 12.7 Å². The molecule has 0 amide bonds. The second-order valence-corrected chi connectivity index (χ2v) is 12.0. The highest BCUT2D eigenvalue weighted by Crippen LogP contribution is 2.39. The van der Waals surface area contributed by atoms with Gasteiger partial charge in [-0.15, -0.1) is 5.10 Å². The van der Waals surface area contributed by atoms with Crippen molar-refractivity contribution in [3.63, 3.8) is 0 Å². The van der Waals surface area contributed by atoms with Crippen molar-refractivity contribution in [1.29, 1.82) is 0 Å². The van der Waals surface area contributed by atoms with Gasteiger partial charge in [-0.05, 0) is 67.3 Å². The zero-order valence-corrected chi connectivity index (χ0v) is 22.3. The summed E-state index contributed by atoms with van der Waals surface area (Å²) in [6, 6.07) is 10.6. The van der Waals surface area contributed by atoms with Crippen molar-refractivity contribution in [3.05, 3.63) is 65.7 Å². The molecule has 2 fully saturated rings. The highest BCUT2D eigenvalue weighted by Gasteiger charge is 2.43. The van der Waals surface area contributed by atoms with E-state index in [9.17, 15) is 12.8 Å². The Labute approximate surface area is 220 Å². The molecular formula is C26H30FN7O3S. The van der Waals surface area contributed by atoms with Gasteiger partial charge in [0, 0.05) is 51.3 Å². The largest absolute Gasteiger partial charge is 0.381 e. The molecule has 2 aliphatic rings. The SMILES string of the molecule is COC1CC(N2CCN(S(=O)(=O)c3cnn(C)n3)C[C@@H]2c2cc3cnn(-c4ccc(F)cc4)c3cc2C)C1. The molecule has 2 aromatic carbocycles. The number of halogens is 1. The first-order chi connectivity index (χ1) is 18.2. The molecule has 1 atom stereocenters. The summed E-state index contributed by atoms with van der Waals surface area (Å²) in [5.74, 6) is -0.297. The van der Waals surface area contributed by atoms with Crippen molar-refractivity contribution < 1.29 is 17.5 Å². The van der Waals surface area contributed by atoms with Gasteiger partial charge in [-0.3, -0.25) is 4.90 Å². The zero-order chi connectivity index (χ0) is 26.6. The number of piperazine rings is 1. The molecule has 10 nitrogen and oxygen atoms in total. The van der Waals surface area contributed by atoms with Crippen molar-refractivity contribution in [2.75, 3.05) is 26.7 Å². The molecule has 0 bridgehead atoms. The number of benzene rings is 2. The summed E-state index contributed by atoms with van der Waals surface area (Å²) in [7, 11) is -0.445. The van der Waals surface area contributed by atoms with Crippen molar-refractivity contribution in [3.8, 4) is 5.69 Å². The Bertz CT molecular complexity index is 1580. The average Bonchev–Trinajstić information content (AvgIpc) is 3.50. The number of methoxy groups -OCH3 is 1. The van der Waals surface area contributed by atoms with E-state index in [1.807, 2.05) is 6.92 Å². The van der Waals surface area contributed by atoms with E-state index in [0.717, 1.165) is 40.6 Å². The lowest BCUT2D eigenvalue weighted by Gasteiger charge is -2.50. The first-order valence-electron chi connectivity index (χ1n) is 12.6. The molecule has 4 aromatic rings. The number of sulfonamides is 1. The number of aromatic nitrogens is 5. The third-order valence-corrected chi connectivity index (χ3v) is 9.55. The lowest BCUT2D eigenvalue weighted by molar-refractivity contribution is -0.0540. The molecule has 1 aliphatic carbocycles. The topological polar surface area (TPSA) is 98.4 Å². The second-order valence-electron chi connectivity index (χ2n) is 10.1. The van der Waals surface area contributed by atoms with Crippen LogP contribution < -0.4 is 0 Å². The van der Waals surface area contributed by atoms with Crippen LogP contribution in [0.2, 0.25) is 0 Å². The highest BCUT2D eigenvalue weighted by molar-refractivity contribution is 7.89. The first kappa shape index (κ1) is 25.1. The summed E-state index contributed by atoms with van der Waals surface area (Å²) in [5, 5.41) is 13.5. The molecule has 38 heavy (non-hydrogen) atoms. The fraction of sp³-hybridized carbons (Fsp3) is 0.423. The fourth-order valence-electron chi connectivity index (χ4n) is 5.63. The second kappa shape index (κ2) is 9.53. The molecule has 12 heteroatoms. The van der Waals surface area contributed by atoms with Crippen molar-refractivity contribution in [2.24, 2.45) is 7.05 Å². The van der Waals surface area contributed by atoms with Gasteiger partial charge >= 0.3 is 0 Å². The van der Waals surface area contributed by atoms with Gasteiger partial charge in [0.25, 0.3) is 10.0 Å². The minimum atomic E-state index is -3.79. The third-order valence-electron chi connectivity index (χ3n) is 7.83. The van der Waals surface area contributed by atoms with E-state index in [-0.39, 0.29) is 23.0 Å². The summed E-state index contributed by atoms with van der Waals surface area (Å²) in [4.78, 5) is 3.69. The molecule has 6 rings (SSSR count). The molecule has 0 unspecified atom stereocenters. The van der Waals surface area contributed by atoms with E-state index >= 15 is 0 Å². The smallest absolute Gasteiger partial charge is 0.264 e. The molecule has 0 spiro atoms. The van der Waals surface area contributed by atoms with E-state index < -0.39 is 10.0 Å². The van der Waals surface area contributed by atoms with Crippen LogP contribution in [0.25, 0.3) is 16.6 Å². The lowest BCUT2D eigenvalue weighted by Crippen LogP contribution is -2.57. The van der Waals surface area contributed by atoms with Crippen LogP contribution in [-0.2, 0) is 21.8 Å². The average molecular weight is 540 g/mol. The fourth-order valence-corrected chi connectivity index (χ4v) is 6.95. The van der Waals surface area contributed by atoms with Crippen LogP contribution in [-0.4, -0.2) is 81.3 Å². The summed E-state index contributed by atoms with van der Waals surface area (Å²) < 4.78 is 49.2. The van der Waals surface area contributed by atoms with E-state index in [1.165, 1.54) is 27.4 Å². The monoisotopic (exact) mass is 539 g/mol. The predicted octanol–water partition coefficient (Wildman–Crippen LogP) is 2.83. The maximum atomic E-state index is 13.5. The lowest BCUT2D eigenvalue weighted by atomic mass is 9.84. The van der Waals surface area contributed by atoms with Crippen LogP contribution in [0.3, 0.4) is 0 Å². The maximum absolute atomic E-state index is 13.5. The Morgan fingerprint density at radius 1 is 1.05 bits per heavy atom. The summed E-state index contributed by atoms with van der Waals surface area (Å²) in [6.07, 6.45) is 5.18. The van der Waals surface area contributed by atoms with Gasteiger partial charge in [0.05, 0.1) is 29.7 Å². The van der Waals surface area contributed by atoms with Gasteiger partial charge in [-0.2, -0.15) is 19.3 Å². The highest BCUT2D eigenvalue weighted by atomic mass is 32.2. The summed E-state index contributed by atoms with van der Waals surface area (Å²) in [6.45, 7) is 3.35. The van der Waals surface area contributed by atoms with E-state index in [0.29, 0.717) is 25.7 Å². The number of rotatable bonds is 6. The summed E-state index contributed by atoms with van der Waals surface area (Å²) in [5.41, 5.74) is 3.79. The molecule has 1 saturated carbocycles. The van der Waals surface area contributed by atoms with Crippen molar-refractivity contribution in [1.82, 2.24) is 34.0 Å². The Morgan fingerprint density at radius 3 is 2.50 bits per heavy atom. The number of fused-ring (bicyclic) bond motifs is 1. The van der Waals surface area contributed by atoms with Gasteiger partial charge in [-0.1, -0.05) is 0 Å². The van der Waals surface area contributed by atoms with Gasteiger partial charge in [0.1, 0.15) is 5.82 Å². The molecule has 0 N–H and O–H groups in total. The molecule has 3 heterocycles. The maximum Gasteiger partial charge on any atom is 0.264 e. The number of hydrogen-bond donors (Lipinski definition) is 0. The standard InChI is InChI=1S/C26H30FN7O3S/c1-17-10-24-18(14-29-34(24)20-6-4-19(27)5-7-20)11-23(17)25-16-32(38(35,36)26-15-28-31(2)30-26)8-9-33(25)21-12-22(13-21)37-3/h4-7,10-11,14-15,21-22,25H,8-9,12-13,16H2,1-3H3/t21?,22?,25-/m1/s1. The Morgan fingerprint density at radius 2 is 1.82 bits per heavy atom. The van der Waals surface area contributed by atoms with Gasteiger partial charge in [0.2, 0.25) is 5.03 Å². The molecule has 2 aromatic heterocycles. The van der Waals surface area contributed by atoms with E-state index in [1.54, 1.807) is 37.2 Å². The van der Waals surface area contributed by atoms with Crippen LogP contribution in [0.15, 0.2) is 53.8 Å². The van der Waals surface area contributed by atoms with Gasteiger partial charge in [0.15, 0.2) is 0 Å². The minimum absolute atomic E-state index is 0.0389. The summed E-state index contributed by atoms with van der Waals surface area (Å²) >= 11 is 0. The first-order valence-corrected chi connectivity index (χ1v) is 14.1. The predicted molar refractivity (Wildman–Crippen MR) is 139 cm³/mol. The Hall–Kier alpha value is -3.19. The van der Waals surface area contributed by atoms with Crippen LogP contribution in [0.4, 0.5) is 4.39 Å². The van der Waals surface area contributed by atoms with E-state index in [2.05, 4.69) is 32.3 Å². The normalized spacial score (nSPS) is 23.1. The van der Waals surface area contributed by atoms with Crippen LogP contribution in [0.1, 0.15) is 30.0 Å². The van der Waals surface area contributed by atoms with Gasteiger partial charge in [-0.25, -0.2) is 17.5 Å². The van der Waals surface area contributed by atoms with Crippen LogP contribution in [0.5, 0.6) is 0 Å². The van der Waals surface area contributed by atoms with E-state index in [4.69, 9.17) is 4.74 Å². The van der Waals surface area contributed by atoms with Gasteiger partial charge < -0.3 is 4.74 Å². The number of hydrogen-bond acceptors (Lipinski definition) is 7. The number of ether oxygens (including phenoxy) is 1. The zero-order valence-electron chi connectivity index (χ0n) is 21.5.